The fourth-order valence-electron chi connectivity index (χ4n) is 6.38. The first-order chi connectivity index (χ1) is 20.8. The molecule has 1 aromatic heterocycles. The zero-order valence-electron chi connectivity index (χ0n) is 24.3. The van der Waals surface area contributed by atoms with Crippen LogP contribution in [0.5, 0.6) is 0 Å². The molecule has 0 aliphatic carbocycles. The van der Waals surface area contributed by atoms with Gasteiger partial charge in [0.2, 0.25) is 0 Å². The van der Waals surface area contributed by atoms with Crippen LogP contribution in [0.3, 0.4) is 0 Å². The molecule has 3 aromatic carbocycles. The molecule has 0 spiro atoms. The molecular formula is C34H35N5O3S. The number of amides is 1. The summed E-state index contributed by atoms with van der Waals surface area (Å²) in [5.74, 6) is 0.507. The van der Waals surface area contributed by atoms with Crippen LogP contribution in [0.15, 0.2) is 90.0 Å². The molecule has 43 heavy (non-hydrogen) atoms. The van der Waals surface area contributed by atoms with Crippen LogP contribution < -0.4 is 0 Å². The van der Waals surface area contributed by atoms with Gasteiger partial charge in [-0.25, -0.2) is 13.1 Å². The van der Waals surface area contributed by atoms with Gasteiger partial charge in [0, 0.05) is 37.7 Å². The van der Waals surface area contributed by atoms with Crippen molar-refractivity contribution in [3.8, 4) is 11.8 Å². The van der Waals surface area contributed by atoms with Gasteiger partial charge >= 0.3 is 0 Å². The fraction of sp³-hybridized carbons (Fsp3) is 0.324. The van der Waals surface area contributed by atoms with Crippen molar-refractivity contribution in [1.82, 2.24) is 19.6 Å². The smallest absolute Gasteiger partial charge is 0.257 e. The number of hydrogen-bond acceptors (Lipinski definition) is 6. The van der Waals surface area contributed by atoms with Crippen LogP contribution in [0.25, 0.3) is 5.69 Å². The third-order valence-corrected chi connectivity index (χ3v) is 9.88. The van der Waals surface area contributed by atoms with E-state index < -0.39 is 9.84 Å². The molecule has 220 valence electrons. The van der Waals surface area contributed by atoms with Crippen molar-refractivity contribution in [3.05, 3.63) is 113 Å². The van der Waals surface area contributed by atoms with Gasteiger partial charge in [0.05, 0.1) is 39.7 Å². The zero-order chi connectivity index (χ0) is 30.0. The number of likely N-dealkylation sites (tertiary alicyclic amines) is 2. The molecule has 3 heterocycles. The monoisotopic (exact) mass is 593 g/mol. The number of nitrogens with zero attached hydrogens (tertiary/aromatic N) is 5. The van der Waals surface area contributed by atoms with Crippen LogP contribution in [0, 0.1) is 11.3 Å². The molecule has 1 atom stereocenters. The predicted octanol–water partition coefficient (Wildman–Crippen LogP) is 5.16. The first kappa shape index (κ1) is 28.8. The van der Waals surface area contributed by atoms with Crippen molar-refractivity contribution >= 4 is 15.7 Å². The Balaban J connectivity index is 1.22. The summed E-state index contributed by atoms with van der Waals surface area (Å²) in [7, 11) is -3.22. The van der Waals surface area contributed by atoms with Crippen LogP contribution >= 0.6 is 0 Å². The highest BCUT2D eigenvalue weighted by Gasteiger charge is 2.34. The first-order valence-electron chi connectivity index (χ1n) is 14.7. The maximum atomic E-state index is 14.0. The fourth-order valence-corrected chi connectivity index (χ4v) is 7.01. The lowest BCUT2D eigenvalue weighted by Crippen LogP contribution is -2.34. The summed E-state index contributed by atoms with van der Waals surface area (Å²) < 4.78 is 25.5. The summed E-state index contributed by atoms with van der Waals surface area (Å²) in [6.45, 7) is 3.86. The standard InChI is InChI=1S/C34H35N5O3S/c1-43(41,42)31-13-9-26(10-14-31)23-37-18-15-28(16-19-37)33-32(22-36-39(33)30-11-7-25(21-35)8-12-30)34(40)38-20-17-29(24-38)27-5-3-2-4-6-27/h2-14,22,28-29H,15-20,23-24H2,1H3/t29-/m0/s1. The topological polar surface area (TPSA) is 99.3 Å². The van der Waals surface area contributed by atoms with E-state index in [4.69, 9.17) is 5.10 Å². The van der Waals surface area contributed by atoms with Crippen LogP contribution in [0.1, 0.15) is 63.8 Å². The van der Waals surface area contributed by atoms with Crippen molar-refractivity contribution in [2.75, 3.05) is 32.4 Å². The molecule has 2 saturated heterocycles. The predicted molar refractivity (Wildman–Crippen MR) is 165 cm³/mol. The van der Waals surface area contributed by atoms with E-state index in [2.05, 4.69) is 35.2 Å². The number of nitriles is 1. The van der Waals surface area contributed by atoms with E-state index in [1.54, 1.807) is 30.5 Å². The highest BCUT2D eigenvalue weighted by Crippen LogP contribution is 2.35. The molecule has 9 heteroatoms. The average Bonchev–Trinajstić information content (AvgIpc) is 3.70. The van der Waals surface area contributed by atoms with Crippen molar-refractivity contribution in [2.45, 2.75) is 42.5 Å². The van der Waals surface area contributed by atoms with Crippen molar-refractivity contribution < 1.29 is 13.2 Å². The van der Waals surface area contributed by atoms with Crippen LogP contribution in [0.2, 0.25) is 0 Å². The summed E-state index contributed by atoms with van der Waals surface area (Å²) in [5, 5.41) is 14.0. The molecule has 0 unspecified atom stereocenters. The normalized spacial score (nSPS) is 18.0. The second kappa shape index (κ2) is 12.2. The maximum absolute atomic E-state index is 14.0. The second-order valence-corrected chi connectivity index (χ2v) is 13.6. The Morgan fingerprint density at radius 3 is 2.23 bits per heavy atom. The Labute approximate surface area is 253 Å². The van der Waals surface area contributed by atoms with Gasteiger partial charge in [0.15, 0.2) is 9.84 Å². The lowest BCUT2D eigenvalue weighted by atomic mass is 9.90. The third kappa shape index (κ3) is 6.26. The van der Waals surface area contributed by atoms with E-state index in [1.807, 2.05) is 39.9 Å². The Morgan fingerprint density at radius 1 is 0.907 bits per heavy atom. The zero-order valence-corrected chi connectivity index (χ0v) is 25.1. The summed E-state index contributed by atoms with van der Waals surface area (Å²) in [6, 6.07) is 27.0. The van der Waals surface area contributed by atoms with E-state index >= 15 is 0 Å². The molecule has 0 saturated carbocycles. The van der Waals surface area contributed by atoms with Gasteiger partial charge in [-0.15, -0.1) is 0 Å². The Kier molecular flexibility index (Phi) is 8.15. The number of hydrogen-bond donors (Lipinski definition) is 0. The summed E-state index contributed by atoms with van der Waals surface area (Å²) in [5.41, 5.74) is 5.36. The van der Waals surface area contributed by atoms with Crippen molar-refractivity contribution in [1.29, 1.82) is 5.26 Å². The molecular weight excluding hydrogens is 558 g/mol. The van der Waals surface area contributed by atoms with Crippen LogP contribution in [-0.2, 0) is 16.4 Å². The molecule has 6 rings (SSSR count). The minimum atomic E-state index is -3.22. The van der Waals surface area contributed by atoms with Gasteiger partial charge in [0.1, 0.15) is 0 Å². The lowest BCUT2D eigenvalue weighted by molar-refractivity contribution is 0.0788. The number of rotatable bonds is 7. The Hall–Kier alpha value is -4.26. The largest absolute Gasteiger partial charge is 0.338 e. The molecule has 0 N–H and O–H groups in total. The van der Waals surface area contributed by atoms with Gasteiger partial charge in [-0.1, -0.05) is 42.5 Å². The summed E-state index contributed by atoms with van der Waals surface area (Å²) in [4.78, 5) is 18.7. The third-order valence-electron chi connectivity index (χ3n) is 8.76. The van der Waals surface area contributed by atoms with Crippen molar-refractivity contribution in [2.24, 2.45) is 0 Å². The molecule has 1 amide bonds. The minimum Gasteiger partial charge on any atom is -0.338 e. The van der Waals surface area contributed by atoms with Gasteiger partial charge < -0.3 is 4.90 Å². The molecule has 2 fully saturated rings. The highest BCUT2D eigenvalue weighted by molar-refractivity contribution is 7.90. The van der Waals surface area contributed by atoms with E-state index in [0.29, 0.717) is 28.5 Å². The summed E-state index contributed by atoms with van der Waals surface area (Å²) >= 11 is 0. The van der Waals surface area contributed by atoms with Crippen LogP contribution in [0.4, 0.5) is 0 Å². The number of carbonyl (C=O) groups is 1. The number of sulfone groups is 1. The highest BCUT2D eigenvalue weighted by atomic mass is 32.2. The van der Waals surface area contributed by atoms with Crippen molar-refractivity contribution in [3.63, 3.8) is 0 Å². The van der Waals surface area contributed by atoms with Gasteiger partial charge in [-0.3, -0.25) is 9.69 Å². The van der Waals surface area contributed by atoms with E-state index in [-0.39, 0.29) is 11.8 Å². The van der Waals surface area contributed by atoms with Crippen LogP contribution in [-0.4, -0.2) is 66.3 Å². The number of benzene rings is 3. The van der Waals surface area contributed by atoms with E-state index in [1.165, 1.54) is 11.8 Å². The van der Waals surface area contributed by atoms with E-state index in [0.717, 1.165) is 62.4 Å². The molecule has 4 aromatic rings. The van der Waals surface area contributed by atoms with Gasteiger partial charge in [-0.2, -0.15) is 10.4 Å². The molecule has 8 nitrogen and oxygen atoms in total. The summed E-state index contributed by atoms with van der Waals surface area (Å²) in [6.07, 6.45) is 5.63. The number of piperidine rings is 1. The first-order valence-corrected chi connectivity index (χ1v) is 16.6. The van der Waals surface area contributed by atoms with E-state index in [9.17, 15) is 18.5 Å². The molecule has 2 aliphatic rings. The molecule has 0 bridgehead atoms. The maximum Gasteiger partial charge on any atom is 0.257 e. The Morgan fingerprint density at radius 2 is 1.58 bits per heavy atom. The minimum absolute atomic E-state index is 0.0294. The quantitative estimate of drug-likeness (QED) is 0.294. The van der Waals surface area contributed by atoms with Gasteiger partial charge in [-0.05, 0) is 79.9 Å². The lowest BCUT2D eigenvalue weighted by Gasteiger charge is -2.33. The SMILES string of the molecule is CS(=O)(=O)c1ccc(CN2CCC(c3c(C(=O)N4CC[C@H](c5ccccc5)C4)cnn3-c3ccc(C#N)cc3)CC2)cc1. The van der Waals surface area contributed by atoms with Gasteiger partial charge in [0.25, 0.3) is 5.91 Å². The second-order valence-electron chi connectivity index (χ2n) is 11.6. The number of carbonyl (C=O) groups excluding carboxylic acids is 1. The molecule has 0 radical (unpaired) electrons. The molecule has 2 aliphatic heterocycles. The number of aromatic nitrogens is 2. The Bertz CT molecular complexity index is 1730. The average molecular weight is 594 g/mol.